The Morgan fingerprint density at radius 1 is 1.25 bits per heavy atom. The molecule has 1 rings (SSSR count). The Labute approximate surface area is 68.9 Å². The molecule has 0 heterocycles. The van der Waals surface area contributed by atoms with E-state index in [9.17, 15) is 9.81 Å². The maximum atomic E-state index is 10.2. The third-order valence-corrected chi connectivity index (χ3v) is 1.45. The van der Waals surface area contributed by atoms with E-state index >= 15 is 0 Å². The highest BCUT2D eigenvalue weighted by Crippen LogP contribution is 2.26. The fraction of sp³-hybridized carbons (Fsp3) is 0.143. The smallest absolute Gasteiger partial charge is 0.133 e. The highest BCUT2D eigenvalue weighted by atomic mass is 16.3. The first-order valence-electron chi connectivity index (χ1n) is 3.29. The average Bonchev–Trinajstić information content (AvgIpc) is 2.16. The second kappa shape index (κ2) is 3.56. The second-order valence-electron chi connectivity index (χ2n) is 2.19. The van der Waals surface area contributed by atoms with E-state index in [2.05, 4.69) is 10.5 Å². The SMILES string of the molecule is CN(N=O)c1ccccc1N=O. The number of anilines is 1. The summed E-state index contributed by atoms with van der Waals surface area (Å²) in [5.41, 5.74) is 0.613. The van der Waals surface area contributed by atoms with E-state index in [1.807, 2.05) is 0 Å². The Kier molecular flexibility index (Phi) is 2.47. The van der Waals surface area contributed by atoms with Gasteiger partial charge in [0.05, 0.1) is 11.0 Å². The molecule has 1 aromatic carbocycles. The zero-order valence-electron chi connectivity index (χ0n) is 6.47. The first kappa shape index (κ1) is 8.32. The van der Waals surface area contributed by atoms with Crippen molar-refractivity contribution in [1.29, 1.82) is 0 Å². The number of nitrogens with zero attached hydrogens (tertiary/aromatic N) is 3. The molecule has 0 aromatic heterocycles. The monoisotopic (exact) mass is 165 g/mol. The lowest BCUT2D eigenvalue weighted by Gasteiger charge is -2.08. The first-order valence-corrected chi connectivity index (χ1v) is 3.29. The van der Waals surface area contributed by atoms with Gasteiger partial charge < -0.3 is 0 Å². The predicted molar refractivity (Wildman–Crippen MR) is 46.1 cm³/mol. The zero-order chi connectivity index (χ0) is 8.97. The van der Waals surface area contributed by atoms with Gasteiger partial charge in [-0.25, -0.2) is 5.01 Å². The molecule has 0 fully saturated rings. The van der Waals surface area contributed by atoms with Crippen LogP contribution in [0.5, 0.6) is 0 Å². The summed E-state index contributed by atoms with van der Waals surface area (Å²) in [6.45, 7) is 0. The quantitative estimate of drug-likeness (QED) is 0.509. The van der Waals surface area contributed by atoms with E-state index in [1.165, 1.54) is 13.1 Å². The van der Waals surface area contributed by atoms with Crippen LogP contribution in [0.15, 0.2) is 34.7 Å². The summed E-state index contributed by atoms with van der Waals surface area (Å²) in [7, 11) is 1.46. The van der Waals surface area contributed by atoms with Crippen LogP contribution in [-0.2, 0) is 0 Å². The van der Waals surface area contributed by atoms with Crippen molar-refractivity contribution in [3.05, 3.63) is 34.1 Å². The molecule has 62 valence electrons. The minimum Gasteiger partial charge on any atom is -0.230 e. The van der Waals surface area contributed by atoms with E-state index in [0.29, 0.717) is 5.69 Å². The van der Waals surface area contributed by atoms with E-state index < -0.39 is 0 Å². The fourth-order valence-electron chi connectivity index (χ4n) is 0.859. The summed E-state index contributed by atoms with van der Waals surface area (Å²) in [6, 6.07) is 6.48. The molecule has 0 saturated heterocycles. The molecule has 0 aliphatic carbocycles. The number of para-hydroxylation sites is 1. The molecule has 0 amide bonds. The normalized spacial score (nSPS) is 9.08. The van der Waals surface area contributed by atoms with Crippen molar-refractivity contribution in [3.63, 3.8) is 0 Å². The Balaban J connectivity index is 3.12. The zero-order valence-corrected chi connectivity index (χ0v) is 6.47. The van der Waals surface area contributed by atoms with Gasteiger partial charge in [-0.3, -0.25) is 0 Å². The molecule has 0 atom stereocenters. The standard InChI is InChI=1S/C7H7N3O2/c1-10(9-12)7-5-3-2-4-6(7)8-11/h2-5H,1H3. The average molecular weight is 165 g/mol. The number of hydrogen-bond acceptors (Lipinski definition) is 4. The first-order chi connectivity index (χ1) is 5.79. The van der Waals surface area contributed by atoms with Gasteiger partial charge in [0.15, 0.2) is 0 Å². The molecule has 0 saturated carbocycles. The van der Waals surface area contributed by atoms with Crippen molar-refractivity contribution >= 4 is 11.4 Å². The number of benzene rings is 1. The Morgan fingerprint density at radius 3 is 2.50 bits per heavy atom. The van der Waals surface area contributed by atoms with E-state index in [4.69, 9.17) is 0 Å². The van der Waals surface area contributed by atoms with Crippen LogP contribution in [0.3, 0.4) is 0 Å². The number of nitroso groups, excluding NO2 is 2. The topological polar surface area (TPSA) is 62.1 Å². The molecule has 5 nitrogen and oxygen atoms in total. The largest absolute Gasteiger partial charge is 0.230 e. The number of rotatable bonds is 3. The Morgan fingerprint density at radius 2 is 1.92 bits per heavy atom. The van der Waals surface area contributed by atoms with Gasteiger partial charge in [0.25, 0.3) is 0 Å². The molecule has 0 bridgehead atoms. The Hall–Kier alpha value is -1.78. The lowest BCUT2D eigenvalue weighted by Crippen LogP contribution is -2.06. The summed E-state index contributed by atoms with van der Waals surface area (Å²) in [5.74, 6) is 0. The molecule has 0 aliphatic rings. The summed E-state index contributed by atoms with van der Waals surface area (Å²) >= 11 is 0. The molecule has 1 aromatic rings. The summed E-state index contributed by atoms with van der Waals surface area (Å²) in [5, 5.41) is 6.45. The molecule has 5 heteroatoms. The summed E-state index contributed by atoms with van der Waals surface area (Å²) < 4.78 is 0. The Bertz CT molecular complexity index is 300. The fourth-order valence-corrected chi connectivity index (χ4v) is 0.859. The van der Waals surface area contributed by atoms with Crippen LogP contribution in [0.25, 0.3) is 0 Å². The van der Waals surface area contributed by atoms with E-state index in [0.717, 1.165) is 5.01 Å². The van der Waals surface area contributed by atoms with Crippen LogP contribution < -0.4 is 5.01 Å². The molecular formula is C7H7N3O2. The van der Waals surface area contributed by atoms with Crippen molar-refractivity contribution in [2.24, 2.45) is 10.5 Å². The lowest BCUT2D eigenvalue weighted by molar-refractivity contribution is 1.00. The van der Waals surface area contributed by atoms with E-state index in [-0.39, 0.29) is 5.69 Å². The number of hydrogen-bond donors (Lipinski definition) is 0. The summed E-state index contributed by atoms with van der Waals surface area (Å²) in [4.78, 5) is 20.3. The van der Waals surface area contributed by atoms with Gasteiger partial charge in [-0.1, -0.05) is 12.1 Å². The van der Waals surface area contributed by atoms with Gasteiger partial charge in [-0.15, -0.1) is 9.81 Å². The third kappa shape index (κ3) is 1.45. The van der Waals surface area contributed by atoms with E-state index in [1.54, 1.807) is 18.2 Å². The van der Waals surface area contributed by atoms with Crippen LogP contribution >= 0.6 is 0 Å². The predicted octanol–water partition coefficient (Wildman–Crippen LogP) is 2.20. The van der Waals surface area contributed by atoms with Crippen molar-refractivity contribution in [3.8, 4) is 0 Å². The lowest BCUT2D eigenvalue weighted by atomic mass is 10.3. The molecule has 0 spiro atoms. The van der Waals surface area contributed by atoms with Gasteiger partial charge in [-0.2, -0.15) is 0 Å². The molecule has 0 unspecified atom stereocenters. The maximum Gasteiger partial charge on any atom is 0.133 e. The maximum absolute atomic E-state index is 10.2. The van der Waals surface area contributed by atoms with Gasteiger partial charge in [0.2, 0.25) is 0 Å². The van der Waals surface area contributed by atoms with Gasteiger partial charge in [0, 0.05) is 7.05 Å². The van der Waals surface area contributed by atoms with Gasteiger partial charge in [-0.05, 0) is 17.3 Å². The minimum absolute atomic E-state index is 0.208. The van der Waals surface area contributed by atoms with Crippen molar-refractivity contribution in [2.45, 2.75) is 0 Å². The van der Waals surface area contributed by atoms with Crippen LogP contribution in [-0.4, -0.2) is 7.05 Å². The third-order valence-electron chi connectivity index (χ3n) is 1.45. The van der Waals surface area contributed by atoms with Gasteiger partial charge in [0.1, 0.15) is 5.69 Å². The highest BCUT2D eigenvalue weighted by molar-refractivity contribution is 5.65. The molecule has 0 N–H and O–H groups in total. The highest BCUT2D eigenvalue weighted by Gasteiger charge is 2.05. The van der Waals surface area contributed by atoms with Gasteiger partial charge >= 0.3 is 0 Å². The van der Waals surface area contributed by atoms with Crippen LogP contribution in [0.4, 0.5) is 11.4 Å². The van der Waals surface area contributed by atoms with Crippen molar-refractivity contribution in [1.82, 2.24) is 0 Å². The minimum atomic E-state index is 0.208. The van der Waals surface area contributed by atoms with Crippen LogP contribution in [0, 0.1) is 9.81 Å². The van der Waals surface area contributed by atoms with Crippen LogP contribution in [0.2, 0.25) is 0 Å². The molecular weight excluding hydrogens is 158 g/mol. The molecule has 0 aliphatic heterocycles. The summed E-state index contributed by atoms with van der Waals surface area (Å²) in [6.07, 6.45) is 0. The molecule has 12 heavy (non-hydrogen) atoms. The molecule has 0 radical (unpaired) electrons. The second-order valence-corrected chi connectivity index (χ2v) is 2.19. The van der Waals surface area contributed by atoms with Crippen molar-refractivity contribution < 1.29 is 0 Å². The van der Waals surface area contributed by atoms with Crippen molar-refractivity contribution in [2.75, 3.05) is 12.1 Å². The van der Waals surface area contributed by atoms with Crippen LogP contribution in [0.1, 0.15) is 0 Å².